The molecule has 5 heteroatoms. The second kappa shape index (κ2) is 5.87. The van der Waals surface area contributed by atoms with E-state index in [2.05, 4.69) is 21.2 Å². The highest BCUT2D eigenvalue weighted by atomic mass is 79.9. The second-order valence-electron chi connectivity index (χ2n) is 4.25. The van der Waals surface area contributed by atoms with Gasteiger partial charge in [-0.15, -0.1) is 0 Å². The fourth-order valence-corrected chi connectivity index (χ4v) is 1.80. The minimum Gasteiger partial charge on any atom is -0.351 e. The molecular weight excluding hydrogens is 305 g/mol. The first-order valence-corrected chi connectivity index (χ1v) is 7.16. The molecule has 0 saturated carbocycles. The number of hydrogen-bond donors (Lipinski definition) is 1. The van der Waals surface area contributed by atoms with Crippen LogP contribution in [0.4, 0.5) is 4.39 Å². The Balaban J connectivity index is 2.74. The van der Waals surface area contributed by atoms with Crippen LogP contribution in [0.5, 0.6) is 0 Å². The quantitative estimate of drug-likeness (QED) is 0.920. The highest BCUT2D eigenvalue weighted by Crippen LogP contribution is 2.22. The minimum atomic E-state index is -0.429. The van der Waals surface area contributed by atoms with Crippen molar-refractivity contribution >= 4 is 33.6 Å². The lowest BCUT2D eigenvalue weighted by Crippen LogP contribution is -2.36. The Hall–Kier alpha value is -0.550. The molecule has 1 N–H and O–H groups in total. The molecule has 0 aliphatic heterocycles. The molecule has 17 heavy (non-hydrogen) atoms. The molecule has 0 saturated heterocycles. The molecule has 0 spiro atoms. The zero-order valence-corrected chi connectivity index (χ0v) is 12.4. The van der Waals surface area contributed by atoms with Gasteiger partial charge in [-0.2, -0.15) is 11.8 Å². The number of amides is 1. The van der Waals surface area contributed by atoms with Gasteiger partial charge in [-0.05, 0) is 48.2 Å². The predicted molar refractivity (Wildman–Crippen MR) is 74.0 cm³/mol. The Bertz CT molecular complexity index is 423. The summed E-state index contributed by atoms with van der Waals surface area (Å²) in [5.41, 5.74) is 0.321. The van der Waals surface area contributed by atoms with E-state index in [4.69, 9.17) is 0 Å². The van der Waals surface area contributed by atoms with Crippen LogP contribution in [-0.2, 0) is 0 Å². The SMILES string of the molecule is CSC(C)(C)CNC(=O)c1cccc(F)c1Br. The Morgan fingerprint density at radius 2 is 2.18 bits per heavy atom. The Morgan fingerprint density at radius 3 is 2.76 bits per heavy atom. The number of halogens is 2. The third-order valence-corrected chi connectivity index (χ3v) is 4.48. The summed E-state index contributed by atoms with van der Waals surface area (Å²) in [6, 6.07) is 4.43. The third kappa shape index (κ3) is 4.00. The summed E-state index contributed by atoms with van der Waals surface area (Å²) < 4.78 is 13.4. The van der Waals surface area contributed by atoms with E-state index in [-0.39, 0.29) is 15.1 Å². The van der Waals surface area contributed by atoms with Gasteiger partial charge in [0.25, 0.3) is 5.91 Å². The van der Waals surface area contributed by atoms with Crippen molar-refractivity contribution in [3.05, 3.63) is 34.1 Å². The highest BCUT2D eigenvalue weighted by molar-refractivity contribution is 9.10. The molecule has 0 radical (unpaired) electrons. The van der Waals surface area contributed by atoms with Crippen LogP contribution < -0.4 is 5.32 Å². The van der Waals surface area contributed by atoms with Crippen LogP contribution in [0.15, 0.2) is 22.7 Å². The van der Waals surface area contributed by atoms with Crippen molar-refractivity contribution in [2.75, 3.05) is 12.8 Å². The molecule has 0 aliphatic carbocycles. The van der Waals surface area contributed by atoms with Crippen LogP contribution in [0.2, 0.25) is 0 Å². The minimum absolute atomic E-state index is 0.0323. The zero-order valence-electron chi connectivity index (χ0n) is 10.0. The topological polar surface area (TPSA) is 29.1 Å². The average Bonchev–Trinajstić information content (AvgIpc) is 2.30. The smallest absolute Gasteiger partial charge is 0.252 e. The van der Waals surface area contributed by atoms with E-state index in [1.54, 1.807) is 17.8 Å². The van der Waals surface area contributed by atoms with Crippen molar-refractivity contribution in [3.8, 4) is 0 Å². The molecule has 0 unspecified atom stereocenters. The molecule has 0 aliphatic rings. The molecule has 2 nitrogen and oxygen atoms in total. The fourth-order valence-electron chi connectivity index (χ4n) is 1.14. The lowest BCUT2D eigenvalue weighted by molar-refractivity contribution is 0.0949. The highest BCUT2D eigenvalue weighted by Gasteiger charge is 2.19. The number of nitrogens with one attached hydrogen (secondary N) is 1. The summed E-state index contributed by atoms with van der Waals surface area (Å²) in [4.78, 5) is 11.9. The maximum atomic E-state index is 13.2. The van der Waals surface area contributed by atoms with Crippen molar-refractivity contribution < 1.29 is 9.18 Å². The van der Waals surface area contributed by atoms with E-state index in [1.807, 2.05) is 20.1 Å². The van der Waals surface area contributed by atoms with E-state index >= 15 is 0 Å². The van der Waals surface area contributed by atoms with Gasteiger partial charge in [0.15, 0.2) is 0 Å². The number of hydrogen-bond acceptors (Lipinski definition) is 2. The molecule has 1 rings (SSSR count). The molecule has 0 heterocycles. The van der Waals surface area contributed by atoms with Gasteiger partial charge in [0.05, 0.1) is 10.0 Å². The summed E-state index contributed by atoms with van der Waals surface area (Å²) in [5, 5.41) is 2.80. The molecule has 1 aromatic rings. The van der Waals surface area contributed by atoms with Crippen LogP contribution in [-0.4, -0.2) is 23.5 Å². The van der Waals surface area contributed by atoms with E-state index < -0.39 is 5.82 Å². The fraction of sp³-hybridized carbons (Fsp3) is 0.417. The van der Waals surface area contributed by atoms with Crippen LogP contribution in [0.1, 0.15) is 24.2 Å². The lowest BCUT2D eigenvalue weighted by atomic mass is 10.1. The summed E-state index contributed by atoms with van der Waals surface area (Å²) in [5.74, 6) is -0.694. The van der Waals surface area contributed by atoms with E-state index in [0.29, 0.717) is 12.1 Å². The first-order chi connectivity index (χ1) is 7.87. The van der Waals surface area contributed by atoms with Gasteiger partial charge in [0, 0.05) is 11.3 Å². The van der Waals surface area contributed by atoms with Crippen molar-refractivity contribution in [1.29, 1.82) is 0 Å². The molecule has 0 fully saturated rings. The van der Waals surface area contributed by atoms with Crippen LogP contribution >= 0.6 is 27.7 Å². The van der Waals surface area contributed by atoms with Gasteiger partial charge in [0.1, 0.15) is 5.82 Å². The van der Waals surface area contributed by atoms with Gasteiger partial charge in [-0.25, -0.2) is 4.39 Å². The molecule has 94 valence electrons. The molecule has 1 amide bonds. The predicted octanol–water partition coefficient (Wildman–Crippen LogP) is 3.46. The Kier molecular flexibility index (Phi) is 5.01. The Morgan fingerprint density at radius 1 is 1.53 bits per heavy atom. The van der Waals surface area contributed by atoms with Gasteiger partial charge in [-0.3, -0.25) is 4.79 Å². The van der Waals surface area contributed by atoms with E-state index in [1.165, 1.54) is 12.1 Å². The maximum Gasteiger partial charge on any atom is 0.252 e. The van der Waals surface area contributed by atoms with Gasteiger partial charge >= 0.3 is 0 Å². The monoisotopic (exact) mass is 319 g/mol. The Labute approximate surface area is 113 Å². The standard InChI is InChI=1S/C12H15BrFNOS/c1-12(2,17-3)7-15-11(16)8-5-4-6-9(14)10(8)13/h4-6H,7H2,1-3H3,(H,15,16). The normalized spacial score (nSPS) is 11.4. The first-order valence-electron chi connectivity index (χ1n) is 5.15. The molecule has 1 aromatic carbocycles. The molecule has 0 atom stereocenters. The zero-order chi connectivity index (χ0) is 13.1. The van der Waals surface area contributed by atoms with E-state index in [9.17, 15) is 9.18 Å². The number of carbonyl (C=O) groups excluding carboxylic acids is 1. The maximum absolute atomic E-state index is 13.2. The summed E-state index contributed by atoms with van der Waals surface area (Å²) >= 11 is 4.75. The van der Waals surface area contributed by atoms with Crippen LogP contribution in [0.25, 0.3) is 0 Å². The number of carbonyl (C=O) groups is 1. The molecule has 0 aromatic heterocycles. The summed E-state index contributed by atoms with van der Waals surface area (Å²) in [7, 11) is 0. The van der Waals surface area contributed by atoms with Crippen molar-refractivity contribution in [3.63, 3.8) is 0 Å². The van der Waals surface area contributed by atoms with Gasteiger partial charge in [0.2, 0.25) is 0 Å². The van der Waals surface area contributed by atoms with Crippen molar-refractivity contribution in [2.24, 2.45) is 0 Å². The third-order valence-electron chi connectivity index (χ3n) is 2.42. The average molecular weight is 320 g/mol. The summed E-state index contributed by atoms with van der Waals surface area (Å²) in [6.45, 7) is 4.62. The van der Waals surface area contributed by atoms with Crippen molar-refractivity contribution in [2.45, 2.75) is 18.6 Å². The molecular formula is C12H15BrFNOS. The first kappa shape index (κ1) is 14.5. The van der Waals surface area contributed by atoms with E-state index in [0.717, 1.165) is 0 Å². The van der Waals surface area contributed by atoms with Crippen LogP contribution in [0.3, 0.4) is 0 Å². The van der Waals surface area contributed by atoms with Gasteiger partial charge < -0.3 is 5.32 Å². The van der Waals surface area contributed by atoms with Crippen LogP contribution in [0, 0.1) is 5.82 Å². The lowest BCUT2D eigenvalue weighted by Gasteiger charge is -2.22. The summed E-state index contributed by atoms with van der Waals surface area (Å²) in [6.07, 6.45) is 1.99. The second-order valence-corrected chi connectivity index (χ2v) is 6.55. The largest absolute Gasteiger partial charge is 0.351 e. The van der Waals surface area contributed by atoms with Crippen molar-refractivity contribution in [1.82, 2.24) is 5.32 Å². The van der Waals surface area contributed by atoms with Gasteiger partial charge in [-0.1, -0.05) is 6.07 Å². The molecule has 0 bridgehead atoms. The number of rotatable bonds is 4. The number of benzene rings is 1. The number of thioether (sulfide) groups is 1.